The average Bonchev–Trinajstić information content (AvgIpc) is 3.38. The summed E-state index contributed by atoms with van der Waals surface area (Å²) in [6.45, 7) is 7.93. The largest absolute Gasteiger partial charge is 0.404 e. The Balaban J connectivity index is 1.53. The van der Waals surface area contributed by atoms with Gasteiger partial charge in [0, 0.05) is 71.1 Å². The molecule has 4 aromatic rings. The maximum atomic E-state index is 12.7. The summed E-state index contributed by atoms with van der Waals surface area (Å²) in [5.41, 5.74) is 11.6. The Morgan fingerprint density at radius 2 is 1.81 bits per heavy atom. The van der Waals surface area contributed by atoms with Gasteiger partial charge in [0.15, 0.2) is 5.69 Å². The Morgan fingerprint density at radius 1 is 1.03 bits per heavy atom. The molecule has 0 radical (unpaired) electrons. The van der Waals surface area contributed by atoms with Crippen LogP contribution in [0, 0.1) is 6.92 Å². The van der Waals surface area contributed by atoms with E-state index in [9.17, 15) is 4.79 Å². The number of hydrogen-bond donors (Lipinski definition) is 2. The van der Waals surface area contributed by atoms with Gasteiger partial charge in [-0.2, -0.15) is 0 Å². The first-order chi connectivity index (χ1) is 17.2. The number of nitrogens with one attached hydrogen (secondary N) is 1. The molecule has 1 amide bonds. The van der Waals surface area contributed by atoms with Crippen LogP contribution in [0.1, 0.15) is 48.1 Å². The standard InChI is InChI=1S/C28H28N6O2/c1-18-5-6-23(33-27(35)25-13-26(36-34-25)28(2,3)4)12-24(18)32-17-22(14-29)21-11-20(15-31-16-21)19-7-9-30-10-8-19/h5-17H,29H2,1-4H3,(H,33,35). The van der Waals surface area contributed by atoms with Crippen molar-refractivity contribution in [2.24, 2.45) is 10.7 Å². The second-order valence-electron chi connectivity index (χ2n) is 9.36. The molecule has 36 heavy (non-hydrogen) atoms. The zero-order valence-corrected chi connectivity index (χ0v) is 20.7. The number of aliphatic imine (C=N–C) groups is 1. The molecule has 0 unspecified atom stereocenters. The van der Waals surface area contributed by atoms with Crippen LogP contribution in [0.15, 0.2) is 83.0 Å². The van der Waals surface area contributed by atoms with E-state index in [2.05, 4.69) is 25.4 Å². The number of allylic oxidation sites excluding steroid dienone is 1. The molecule has 8 nitrogen and oxygen atoms in total. The molecule has 1 aromatic carbocycles. The third-order valence-electron chi connectivity index (χ3n) is 5.56. The lowest BCUT2D eigenvalue weighted by molar-refractivity contribution is 0.101. The Hall–Kier alpha value is -4.59. The van der Waals surface area contributed by atoms with Gasteiger partial charge in [0.25, 0.3) is 5.91 Å². The number of hydrogen-bond acceptors (Lipinski definition) is 7. The highest BCUT2D eigenvalue weighted by atomic mass is 16.5. The van der Waals surface area contributed by atoms with Crippen molar-refractivity contribution in [3.63, 3.8) is 0 Å². The Morgan fingerprint density at radius 3 is 2.50 bits per heavy atom. The van der Waals surface area contributed by atoms with Crippen molar-refractivity contribution in [1.29, 1.82) is 0 Å². The number of aryl methyl sites for hydroxylation is 1. The van der Waals surface area contributed by atoms with Gasteiger partial charge < -0.3 is 15.6 Å². The molecule has 0 aliphatic rings. The predicted molar refractivity (Wildman–Crippen MR) is 142 cm³/mol. The Kier molecular flexibility index (Phi) is 7.05. The van der Waals surface area contributed by atoms with Crippen molar-refractivity contribution in [2.75, 3.05) is 5.32 Å². The fourth-order valence-electron chi connectivity index (χ4n) is 3.41. The second kappa shape index (κ2) is 10.4. The van der Waals surface area contributed by atoms with Crippen molar-refractivity contribution in [1.82, 2.24) is 15.1 Å². The molecule has 3 aromatic heterocycles. The van der Waals surface area contributed by atoms with Gasteiger partial charge >= 0.3 is 0 Å². The average molecular weight is 481 g/mol. The number of carbonyl (C=O) groups is 1. The van der Waals surface area contributed by atoms with Crippen LogP contribution in [0.3, 0.4) is 0 Å². The van der Waals surface area contributed by atoms with E-state index in [0.29, 0.717) is 22.7 Å². The molecule has 0 bridgehead atoms. The molecule has 4 rings (SSSR count). The molecule has 0 spiro atoms. The summed E-state index contributed by atoms with van der Waals surface area (Å²) in [7, 11) is 0. The van der Waals surface area contributed by atoms with Crippen LogP contribution in [0.5, 0.6) is 0 Å². The quantitative estimate of drug-likeness (QED) is 0.342. The maximum Gasteiger partial charge on any atom is 0.277 e. The van der Waals surface area contributed by atoms with Gasteiger partial charge in [0.05, 0.1) is 5.69 Å². The monoisotopic (exact) mass is 480 g/mol. The number of nitrogens with two attached hydrogens (primary N) is 1. The second-order valence-corrected chi connectivity index (χ2v) is 9.36. The van der Waals surface area contributed by atoms with Gasteiger partial charge in [0.1, 0.15) is 5.76 Å². The van der Waals surface area contributed by atoms with E-state index < -0.39 is 0 Å². The lowest BCUT2D eigenvalue weighted by Gasteiger charge is -2.12. The number of amides is 1. The zero-order chi connectivity index (χ0) is 25.7. The van der Waals surface area contributed by atoms with Crippen molar-refractivity contribution >= 4 is 29.1 Å². The highest BCUT2D eigenvalue weighted by Crippen LogP contribution is 2.27. The molecule has 0 fully saturated rings. The van der Waals surface area contributed by atoms with E-state index in [-0.39, 0.29) is 17.0 Å². The van der Waals surface area contributed by atoms with Gasteiger partial charge in [-0.15, -0.1) is 0 Å². The van der Waals surface area contributed by atoms with Crippen LogP contribution >= 0.6 is 0 Å². The third-order valence-corrected chi connectivity index (χ3v) is 5.56. The van der Waals surface area contributed by atoms with Crippen molar-refractivity contribution in [3.8, 4) is 11.1 Å². The molecule has 0 atom stereocenters. The number of benzene rings is 1. The third kappa shape index (κ3) is 5.72. The number of pyridine rings is 2. The summed E-state index contributed by atoms with van der Waals surface area (Å²) in [6, 6.07) is 13.0. The lowest BCUT2D eigenvalue weighted by Crippen LogP contribution is -2.13. The number of carbonyl (C=O) groups excluding carboxylic acids is 1. The highest BCUT2D eigenvalue weighted by molar-refractivity contribution is 6.10. The van der Waals surface area contributed by atoms with Crippen LogP contribution < -0.4 is 11.1 Å². The van der Waals surface area contributed by atoms with Crippen molar-refractivity contribution < 1.29 is 9.32 Å². The van der Waals surface area contributed by atoms with Crippen LogP contribution in [-0.2, 0) is 5.41 Å². The first kappa shape index (κ1) is 24.5. The van der Waals surface area contributed by atoms with Gasteiger partial charge in [-0.3, -0.25) is 19.8 Å². The molecule has 182 valence electrons. The highest BCUT2D eigenvalue weighted by Gasteiger charge is 2.22. The first-order valence-electron chi connectivity index (χ1n) is 11.5. The van der Waals surface area contributed by atoms with Crippen LogP contribution in [0.25, 0.3) is 16.7 Å². The maximum absolute atomic E-state index is 12.7. The summed E-state index contributed by atoms with van der Waals surface area (Å²) in [5, 5.41) is 6.76. The van der Waals surface area contributed by atoms with Crippen molar-refractivity contribution in [2.45, 2.75) is 33.1 Å². The molecule has 0 saturated heterocycles. The number of rotatable bonds is 6. The summed E-state index contributed by atoms with van der Waals surface area (Å²) in [6.07, 6.45) is 10.2. The summed E-state index contributed by atoms with van der Waals surface area (Å²) in [4.78, 5) is 25.7. The molecule has 8 heteroatoms. The number of nitrogens with zero attached hydrogens (tertiary/aromatic N) is 4. The van der Waals surface area contributed by atoms with Gasteiger partial charge in [-0.1, -0.05) is 32.0 Å². The van der Waals surface area contributed by atoms with E-state index in [4.69, 9.17) is 10.3 Å². The fraction of sp³-hybridized carbons (Fsp3) is 0.179. The number of anilines is 1. The summed E-state index contributed by atoms with van der Waals surface area (Å²) < 4.78 is 5.33. The summed E-state index contributed by atoms with van der Waals surface area (Å²) in [5.74, 6) is 0.292. The van der Waals surface area contributed by atoms with E-state index in [1.807, 2.05) is 58.0 Å². The molecule has 0 aliphatic heterocycles. The first-order valence-corrected chi connectivity index (χ1v) is 11.5. The molecule has 3 heterocycles. The molecule has 0 saturated carbocycles. The summed E-state index contributed by atoms with van der Waals surface area (Å²) >= 11 is 0. The zero-order valence-electron chi connectivity index (χ0n) is 20.7. The molecular formula is C28H28N6O2. The SMILES string of the molecule is Cc1ccc(NC(=O)c2cc(C(C)(C)C)on2)cc1N=CC(=CN)c1cncc(-c2ccncc2)c1. The molecule has 3 N–H and O–H groups in total. The predicted octanol–water partition coefficient (Wildman–Crippen LogP) is 5.69. The lowest BCUT2D eigenvalue weighted by atomic mass is 9.93. The van der Waals surface area contributed by atoms with Crippen LogP contribution in [0.2, 0.25) is 0 Å². The minimum Gasteiger partial charge on any atom is -0.404 e. The van der Waals surface area contributed by atoms with E-state index in [1.54, 1.807) is 43.1 Å². The molecular weight excluding hydrogens is 452 g/mol. The van der Waals surface area contributed by atoms with Crippen LogP contribution in [-0.4, -0.2) is 27.2 Å². The van der Waals surface area contributed by atoms with Gasteiger partial charge in [-0.05, 0) is 48.4 Å². The minimum atomic E-state index is -0.352. The van der Waals surface area contributed by atoms with E-state index in [1.165, 1.54) is 6.20 Å². The van der Waals surface area contributed by atoms with Gasteiger partial charge in [0.2, 0.25) is 0 Å². The Labute approximate surface area is 210 Å². The van der Waals surface area contributed by atoms with Gasteiger partial charge in [-0.25, -0.2) is 0 Å². The van der Waals surface area contributed by atoms with Crippen LogP contribution in [0.4, 0.5) is 11.4 Å². The topological polar surface area (TPSA) is 119 Å². The van der Waals surface area contributed by atoms with E-state index >= 15 is 0 Å². The number of aromatic nitrogens is 3. The normalized spacial score (nSPS) is 12.2. The smallest absolute Gasteiger partial charge is 0.277 e. The fourth-order valence-corrected chi connectivity index (χ4v) is 3.41. The van der Waals surface area contributed by atoms with Crippen molar-refractivity contribution in [3.05, 3.63) is 96.0 Å². The minimum absolute atomic E-state index is 0.223. The van der Waals surface area contributed by atoms with E-state index in [0.717, 1.165) is 22.3 Å². The molecule has 0 aliphatic carbocycles. The Bertz CT molecular complexity index is 1430.